The van der Waals surface area contributed by atoms with Crippen LogP contribution in [-0.2, 0) is 0 Å². The van der Waals surface area contributed by atoms with Crippen LogP contribution in [-0.4, -0.2) is 6.21 Å². The molecular weight excluding hydrogens is 370 g/mol. The van der Waals surface area contributed by atoms with Crippen LogP contribution in [0.3, 0.4) is 0 Å². The first-order valence-corrected chi connectivity index (χ1v) is 11.0. The Hall–Kier alpha value is -2.32. The molecule has 1 heterocycles. The molecule has 1 aromatic carbocycles. The smallest absolute Gasteiger partial charge is 0.0658 e. The van der Waals surface area contributed by atoms with Gasteiger partial charge in [0.2, 0.25) is 0 Å². The van der Waals surface area contributed by atoms with Crippen LogP contribution in [0, 0.1) is 11.8 Å². The van der Waals surface area contributed by atoms with Gasteiger partial charge in [-0.2, -0.15) is 0 Å². The normalized spacial score (nSPS) is 30.9. The number of benzene rings is 1. The molecule has 0 saturated carbocycles. The van der Waals surface area contributed by atoms with Gasteiger partial charge in [-0.25, -0.2) is 0 Å². The monoisotopic (exact) mass is 403 g/mol. The maximum Gasteiger partial charge on any atom is 0.0658 e. The first kappa shape index (κ1) is 23.0. The van der Waals surface area contributed by atoms with Crippen molar-refractivity contribution in [2.75, 3.05) is 0 Å². The van der Waals surface area contributed by atoms with Crippen LogP contribution in [0.2, 0.25) is 0 Å². The topological polar surface area (TPSA) is 12.4 Å². The lowest BCUT2D eigenvalue weighted by atomic mass is 9.74. The zero-order chi connectivity index (χ0) is 21.4. The molecule has 0 aliphatic carbocycles. The van der Waals surface area contributed by atoms with Crippen molar-refractivity contribution in [3.63, 3.8) is 0 Å². The van der Waals surface area contributed by atoms with Crippen LogP contribution in [0.1, 0.15) is 46.1 Å². The molecule has 1 aliphatic heterocycles. The van der Waals surface area contributed by atoms with E-state index in [1.807, 2.05) is 25.3 Å². The second-order valence-electron chi connectivity index (χ2n) is 7.42. The molecule has 0 fully saturated rings. The lowest BCUT2D eigenvalue weighted by Gasteiger charge is -2.32. The van der Waals surface area contributed by atoms with Gasteiger partial charge < -0.3 is 0 Å². The molecule has 1 aromatic rings. The van der Waals surface area contributed by atoms with E-state index in [1.165, 1.54) is 26.5 Å². The Morgan fingerprint density at radius 1 is 1.07 bits per heavy atom. The van der Waals surface area contributed by atoms with Gasteiger partial charge in [-0.1, -0.05) is 79.9 Å². The highest BCUT2D eigenvalue weighted by atomic mass is 32.2. The third-order valence-electron chi connectivity index (χ3n) is 5.53. The van der Waals surface area contributed by atoms with Crippen LogP contribution in [0.5, 0.6) is 0 Å². The van der Waals surface area contributed by atoms with Crippen LogP contribution in [0.15, 0.2) is 106 Å². The van der Waals surface area contributed by atoms with Gasteiger partial charge in [0.1, 0.15) is 0 Å². The summed E-state index contributed by atoms with van der Waals surface area (Å²) >= 11 is 1.79. The van der Waals surface area contributed by atoms with E-state index in [-0.39, 0.29) is 5.92 Å². The number of hydrogen-bond donors (Lipinski definition) is 0. The molecule has 2 heteroatoms. The Morgan fingerprint density at radius 2 is 1.76 bits per heavy atom. The minimum absolute atomic E-state index is 0.241. The molecule has 0 radical (unpaired) electrons. The highest BCUT2D eigenvalue weighted by Gasteiger charge is 2.29. The third-order valence-corrected chi connectivity index (χ3v) is 6.65. The van der Waals surface area contributed by atoms with Gasteiger partial charge in [0, 0.05) is 17.0 Å². The van der Waals surface area contributed by atoms with E-state index in [0.29, 0.717) is 11.8 Å². The van der Waals surface area contributed by atoms with Gasteiger partial charge in [-0.05, 0) is 67.2 Å². The van der Waals surface area contributed by atoms with Crippen LogP contribution < -0.4 is 0 Å². The standard InChI is InChI=1S/C27H33NS/c1-8-11-17-25-22(7)27(28-10-3)21(6)20(5)26(24-15-13-12-14-16-24)23(9-2)18-19(4)29-25/h8-18,20,23,26H,1-2H2,3-7H3/b17-11-,19-18+,25-22-,27-21-,28-10?. The lowest BCUT2D eigenvalue weighted by Crippen LogP contribution is -2.20. The Morgan fingerprint density at radius 3 is 2.34 bits per heavy atom. The fraction of sp³-hybridized carbons (Fsp3) is 0.296. The number of nitrogens with zero attached hydrogens (tertiary/aromatic N) is 1. The molecule has 152 valence electrons. The quantitative estimate of drug-likeness (QED) is 0.274. The van der Waals surface area contributed by atoms with Gasteiger partial charge >= 0.3 is 0 Å². The fourth-order valence-corrected chi connectivity index (χ4v) is 4.90. The Bertz CT molecular complexity index is 880. The summed E-state index contributed by atoms with van der Waals surface area (Å²) in [6.07, 6.45) is 12.3. The van der Waals surface area contributed by atoms with Crippen molar-refractivity contribution in [3.8, 4) is 0 Å². The van der Waals surface area contributed by atoms with Crippen molar-refractivity contribution >= 4 is 18.0 Å². The maximum atomic E-state index is 4.81. The summed E-state index contributed by atoms with van der Waals surface area (Å²) in [4.78, 5) is 7.28. The molecule has 0 saturated heterocycles. The summed E-state index contributed by atoms with van der Waals surface area (Å²) in [6, 6.07) is 10.8. The molecule has 3 unspecified atom stereocenters. The zero-order valence-electron chi connectivity index (χ0n) is 18.4. The van der Waals surface area contributed by atoms with Crippen LogP contribution in [0.25, 0.3) is 0 Å². The molecule has 0 aromatic heterocycles. The molecular formula is C27H33NS. The van der Waals surface area contributed by atoms with E-state index in [1.54, 1.807) is 11.8 Å². The summed E-state index contributed by atoms with van der Waals surface area (Å²) in [5.74, 6) is 0.861. The molecule has 0 spiro atoms. The van der Waals surface area contributed by atoms with Gasteiger partial charge in [-0.15, -0.1) is 6.58 Å². The Balaban J connectivity index is 2.80. The molecule has 3 atom stereocenters. The number of thioether (sulfide) groups is 1. The predicted octanol–water partition coefficient (Wildman–Crippen LogP) is 8.24. The van der Waals surface area contributed by atoms with Crippen molar-refractivity contribution in [2.45, 2.75) is 40.5 Å². The predicted molar refractivity (Wildman–Crippen MR) is 132 cm³/mol. The molecule has 1 aliphatic rings. The van der Waals surface area contributed by atoms with Crippen molar-refractivity contribution in [2.24, 2.45) is 16.8 Å². The summed E-state index contributed by atoms with van der Waals surface area (Å²) in [6.45, 7) is 18.9. The van der Waals surface area contributed by atoms with Crippen LogP contribution in [0.4, 0.5) is 0 Å². The minimum atomic E-state index is 0.241. The van der Waals surface area contributed by atoms with Crippen molar-refractivity contribution < 1.29 is 0 Å². The molecule has 0 N–H and O–H groups in total. The van der Waals surface area contributed by atoms with Crippen LogP contribution >= 0.6 is 11.8 Å². The van der Waals surface area contributed by atoms with Crippen molar-refractivity contribution in [1.29, 1.82) is 0 Å². The largest absolute Gasteiger partial charge is 0.261 e. The highest BCUT2D eigenvalue weighted by molar-refractivity contribution is 8.06. The minimum Gasteiger partial charge on any atom is -0.261 e. The Kier molecular flexibility index (Phi) is 8.72. The first-order valence-electron chi connectivity index (χ1n) is 10.2. The van der Waals surface area contributed by atoms with E-state index in [0.717, 1.165) is 5.70 Å². The van der Waals surface area contributed by atoms with Gasteiger partial charge in [-0.3, -0.25) is 4.99 Å². The fourth-order valence-electron chi connectivity index (χ4n) is 3.93. The number of allylic oxidation sites excluding steroid dienone is 8. The summed E-state index contributed by atoms with van der Waals surface area (Å²) < 4.78 is 0. The van der Waals surface area contributed by atoms with Gasteiger partial charge in [0.15, 0.2) is 0 Å². The third kappa shape index (κ3) is 5.61. The number of rotatable bonds is 5. The Labute approximate surface area is 181 Å². The lowest BCUT2D eigenvalue weighted by molar-refractivity contribution is 0.460. The molecule has 2 rings (SSSR count). The summed E-state index contributed by atoms with van der Waals surface area (Å²) in [5.41, 5.74) is 4.92. The first-order chi connectivity index (χ1) is 13.9. The zero-order valence-corrected chi connectivity index (χ0v) is 19.2. The van der Waals surface area contributed by atoms with Gasteiger partial charge in [0.05, 0.1) is 5.70 Å². The van der Waals surface area contributed by atoms with Crippen molar-refractivity contribution in [1.82, 2.24) is 0 Å². The molecule has 0 bridgehead atoms. The number of aliphatic imine (C=N–C) groups is 1. The average Bonchev–Trinajstić information content (AvgIpc) is 2.73. The van der Waals surface area contributed by atoms with E-state index < -0.39 is 0 Å². The van der Waals surface area contributed by atoms with Gasteiger partial charge in [0.25, 0.3) is 0 Å². The van der Waals surface area contributed by atoms with Crippen molar-refractivity contribution in [3.05, 3.63) is 106 Å². The molecule has 1 nitrogen and oxygen atoms in total. The summed E-state index contributed by atoms with van der Waals surface area (Å²) in [5, 5.41) is 0. The average molecular weight is 404 g/mol. The van der Waals surface area contributed by atoms with E-state index >= 15 is 0 Å². The van der Waals surface area contributed by atoms with E-state index in [2.05, 4.69) is 89.4 Å². The highest BCUT2D eigenvalue weighted by Crippen LogP contribution is 2.43. The SMILES string of the molecule is C=C\C=C/C1=C(C)/C(N=CC)=C(\C)C(C)C(c2ccccc2)C(C=C)/C=C(\C)S1. The number of hydrogen-bond acceptors (Lipinski definition) is 2. The maximum absolute atomic E-state index is 4.81. The summed E-state index contributed by atoms with van der Waals surface area (Å²) in [7, 11) is 0. The second-order valence-corrected chi connectivity index (χ2v) is 8.71. The second kappa shape index (κ2) is 11.0. The van der Waals surface area contributed by atoms with E-state index in [4.69, 9.17) is 4.99 Å². The van der Waals surface area contributed by atoms with E-state index in [9.17, 15) is 0 Å². The molecule has 0 amide bonds. The molecule has 29 heavy (non-hydrogen) atoms.